The smallest absolute Gasteiger partial charge is 0.203 e. The molecule has 2 rings (SSSR count). The van der Waals surface area contributed by atoms with E-state index in [9.17, 15) is 0 Å². The van der Waals surface area contributed by atoms with Gasteiger partial charge in [0, 0.05) is 37.8 Å². The topological polar surface area (TPSA) is 55.3 Å². The van der Waals surface area contributed by atoms with Crippen LogP contribution in [0.2, 0.25) is 5.02 Å². The van der Waals surface area contributed by atoms with Gasteiger partial charge < -0.3 is 24.4 Å². The monoisotopic (exact) mass is 405 g/mol. The number of hydrogen-bond donors (Lipinski definition) is 1. The number of ether oxygens (including phenoxy) is 3. The molecule has 0 amide bonds. The molecule has 0 atom stereocenters. The van der Waals surface area contributed by atoms with Crippen LogP contribution >= 0.6 is 11.6 Å². The van der Waals surface area contributed by atoms with Gasteiger partial charge in [-0.15, -0.1) is 0 Å². The molecule has 0 aliphatic carbocycles. The van der Waals surface area contributed by atoms with E-state index in [1.54, 1.807) is 28.4 Å². The quantitative estimate of drug-likeness (QED) is 0.537. The summed E-state index contributed by atoms with van der Waals surface area (Å²) in [5.74, 6) is 2.74. The lowest BCUT2D eigenvalue weighted by Gasteiger charge is -2.22. The lowest BCUT2D eigenvalue weighted by atomic mass is 10.1. The molecule has 0 unspecified atom stereocenters. The lowest BCUT2D eigenvalue weighted by Crippen LogP contribution is -2.39. The summed E-state index contributed by atoms with van der Waals surface area (Å²) in [6, 6.07) is 11.7. The van der Waals surface area contributed by atoms with Gasteiger partial charge in [-0.3, -0.25) is 4.99 Å². The van der Waals surface area contributed by atoms with Gasteiger partial charge >= 0.3 is 0 Å². The average Bonchev–Trinajstić information content (AvgIpc) is 2.70. The Morgan fingerprint density at radius 3 is 2.43 bits per heavy atom. The second-order valence-corrected chi connectivity index (χ2v) is 6.64. The van der Waals surface area contributed by atoms with Crippen LogP contribution in [-0.2, 0) is 13.0 Å². The van der Waals surface area contributed by atoms with E-state index < -0.39 is 0 Å². The highest BCUT2D eigenvalue weighted by molar-refractivity contribution is 6.30. The van der Waals surface area contributed by atoms with E-state index in [0.717, 1.165) is 28.5 Å². The van der Waals surface area contributed by atoms with Gasteiger partial charge in [0.25, 0.3) is 0 Å². The van der Waals surface area contributed by atoms with Crippen molar-refractivity contribution in [1.29, 1.82) is 0 Å². The molecule has 0 bridgehead atoms. The van der Waals surface area contributed by atoms with E-state index in [-0.39, 0.29) is 0 Å². The Labute approximate surface area is 172 Å². The average molecular weight is 406 g/mol. The highest BCUT2D eigenvalue weighted by Crippen LogP contribution is 2.39. The number of methoxy groups -OCH3 is 3. The summed E-state index contributed by atoms with van der Waals surface area (Å²) in [5, 5.41) is 4.12. The van der Waals surface area contributed by atoms with Crippen molar-refractivity contribution in [3.8, 4) is 17.2 Å². The van der Waals surface area contributed by atoms with Crippen LogP contribution in [0.3, 0.4) is 0 Å². The van der Waals surface area contributed by atoms with Crippen LogP contribution in [0.25, 0.3) is 0 Å². The van der Waals surface area contributed by atoms with Crippen molar-refractivity contribution < 1.29 is 14.2 Å². The van der Waals surface area contributed by atoms with E-state index in [1.165, 1.54) is 0 Å². The molecular weight excluding hydrogens is 378 g/mol. The number of aliphatic imine (C=N–C) groups is 1. The van der Waals surface area contributed by atoms with Crippen LogP contribution in [0.15, 0.2) is 41.4 Å². The SMILES string of the molecule is CN=C(NCCc1ccc(OC)c(OC)c1OC)N(C)Cc1cccc(Cl)c1. The van der Waals surface area contributed by atoms with Crippen LogP contribution in [-0.4, -0.2) is 52.8 Å². The highest BCUT2D eigenvalue weighted by atomic mass is 35.5. The molecule has 152 valence electrons. The molecule has 1 N–H and O–H groups in total. The van der Waals surface area contributed by atoms with Gasteiger partial charge in [-0.25, -0.2) is 0 Å². The Bertz CT molecular complexity index is 811. The van der Waals surface area contributed by atoms with Crippen molar-refractivity contribution in [1.82, 2.24) is 10.2 Å². The van der Waals surface area contributed by atoms with Crippen molar-refractivity contribution in [2.45, 2.75) is 13.0 Å². The van der Waals surface area contributed by atoms with Crippen molar-refractivity contribution in [3.63, 3.8) is 0 Å². The maximum atomic E-state index is 6.07. The largest absolute Gasteiger partial charge is 0.493 e. The van der Waals surface area contributed by atoms with Crippen molar-refractivity contribution in [2.75, 3.05) is 42.0 Å². The fourth-order valence-electron chi connectivity index (χ4n) is 3.04. The molecule has 0 saturated heterocycles. The van der Waals surface area contributed by atoms with Gasteiger partial charge in [-0.2, -0.15) is 0 Å². The zero-order valence-corrected chi connectivity index (χ0v) is 17.8. The normalized spacial score (nSPS) is 11.1. The van der Waals surface area contributed by atoms with Crippen LogP contribution in [0.4, 0.5) is 0 Å². The molecule has 2 aromatic carbocycles. The Morgan fingerprint density at radius 1 is 1.07 bits per heavy atom. The van der Waals surface area contributed by atoms with Crippen molar-refractivity contribution in [2.24, 2.45) is 4.99 Å². The molecule has 2 aromatic rings. The molecule has 28 heavy (non-hydrogen) atoms. The minimum atomic E-state index is 0.602. The number of guanidine groups is 1. The Balaban J connectivity index is 2.01. The fourth-order valence-corrected chi connectivity index (χ4v) is 3.25. The number of halogens is 1. The lowest BCUT2D eigenvalue weighted by molar-refractivity contribution is 0.322. The maximum Gasteiger partial charge on any atom is 0.203 e. The molecule has 0 fully saturated rings. The molecule has 6 nitrogen and oxygen atoms in total. The zero-order valence-electron chi connectivity index (χ0n) is 17.1. The van der Waals surface area contributed by atoms with E-state index in [1.807, 2.05) is 43.4 Å². The predicted molar refractivity (Wildman–Crippen MR) is 114 cm³/mol. The van der Waals surface area contributed by atoms with Crippen LogP contribution in [0.1, 0.15) is 11.1 Å². The molecule has 0 aliphatic heterocycles. The number of nitrogens with zero attached hydrogens (tertiary/aromatic N) is 2. The first kappa shape index (κ1) is 21.7. The van der Waals surface area contributed by atoms with Crippen molar-refractivity contribution in [3.05, 3.63) is 52.5 Å². The van der Waals surface area contributed by atoms with Gasteiger partial charge in [0.2, 0.25) is 5.75 Å². The van der Waals surface area contributed by atoms with E-state index in [4.69, 9.17) is 25.8 Å². The molecule has 0 heterocycles. The highest BCUT2D eigenvalue weighted by Gasteiger charge is 2.16. The first-order valence-corrected chi connectivity index (χ1v) is 9.35. The zero-order chi connectivity index (χ0) is 20.5. The van der Waals surface area contributed by atoms with Gasteiger partial charge in [-0.1, -0.05) is 29.8 Å². The summed E-state index contributed by atoms with van der Waals surface area (Å²) < 4.78 is 16.3. The van der Waals surface area contributed by atoms with Gasteiger partial charge in [-0.05, 0) is 30.2 Å². The second-order valence-electron chi connectivity index (χ2n) is 6.20. The minimum Gasteiger partial charge on any atom is -0.493 e. The summed E-state index contributed by atoms with van der Waals surface area (Å²) in [4.78, 5) is 6.42. The molecule has 0 spiro atoms. The number of benzene rings is 2. The number of rotatable bonds is 8. The number of hydrogen-bond acceptors (Lipinski definition) is 4. The summed E-state index contributed by atoms with van der Waals surface area (Å²) in [7, 11) is 8.61. The molecule has 7 heteroatoms. The van der Waals surface area contributed by atoms with E-state index >= 15 is 0 Å². The minimum absolute atomic E-state index is 0.602. The standard InChI is InChI=1S/C21H28ClN3O3/c1-23-21(25(2)14-15-7-6-8-17(22)13-15)24-12-11-16-9-10-18(26-3)20(28-5)19(16)27-4/h6-10,13H,11-12,14H2,1-5H3,(H,23,24). The van der Waals surface area contributed by atoms with E-state index in [2.05, 4.69) is 15.2 Å². The van der Waals surface area contributed by atoms with Gasteiger partial charge in [0.15, 0.2) is 17.5 Å². The van der Waals surface area contributed by atoms with Crippen molar-refractivity contribution >= 4 is 17.6 Å². The third-order valence-electron chi connectivity index (χ3n) is 4.35. The molecule has 0 saturated carbocycles. The molecule has 0 aromatic heterocycles. The van der Waals surface area contributed by atoms with Gasteiger partial charge in [0.05, 0.1) is 21.3 Å². The van der Waals surface area contributed by atoms with Gasteiger partial charge in [0.1, 0.15) is 0 Å². The summed E-state index contributed by atoms with van der Waals surface area (Å²) >= 11 is 6.07. The van der Waals surface area contributed by atoms with Crippen LogP contribution in [0, 0.1) is 0 Å². The first-order chi connectivity index (χ1) is 13.5. The van der Waals surface area contributed by atoms with Crippen LogP contribution in [0.5, 0.6) is 17.2 Å². The number of nitrogens with one attached hydrogen (secondary N) is 1. The third-order valence-corrected chi connectivity index (χ3v) is 4.58. The predicted octanol–water partition coefficient (Wildman–Crippen LogP) is 3.62. The fraction of sp³-hybridized carbons (Fsp3) is 0.381. The molecule has 0 aliphatic rings. The van der Waals surface area contributed by atoms with Crippen LogP contribution < -0.4 is 19.5 Å². The Morgan fingerprint density at radius 2 is 1.82 bits per heavy atom. The maximum absolute atomic E-state index is 6.07. The second kappa shape index (κ2) is 10.7. The van der Waals surface area contributed by atoms with E-state index in [0.29, 0.717) is 30.3 Å². The first-order valence-electron chi connectivity index (χ1n) is 8.98. The Kier molecular flexibility index (Phi) is 8.26. The molecular formula is C21H28ClN3O3. The Hall–Kier alpha value is -2.60. The summed E-state index contributed by atoms with van der Waals surface area (Å²) in [6.07, 6.45) is 0.744. The summed E-state index contributed by atoms with van der Waals surface area (Å²) in [5.41, 5.74) is 2.15. The third kappa shape index (κ3) is 5.45. The molecule has 0 radical (unpaired) electrons. The summed E-state index contributed by atoms with van der Waals surface area (Å²) in [6.45, 7) is 1.40.